The van der Waals surface area contributed by atoms with Crippen LogP contribution in [0.15, 0.2) is 36.5 Å². The smallest absolute Gasteiger partial charge is 0.132 e. The maximum atomic E-state index is 5.00. The Balaban J connectivity index is 1.29. The quantitative estimate of drug-likeness (QED) is 0.594. The van der Waals surface area contributed by atoms with Crippen LogP contribution in [-0.4, -0.2) is 41.1 Å². The number of aromatic nitrogens is 3. The highest BCUT2D eigenvalue weighted by Crippen LogP contribution is 2.29. The predicted octanol–water partition coefficient (Wildman–Crippen LogP) is 5.09. The van der Waals surface area contributed by atoms with Gasteiger partial charge in [-0.3, -0.25) is 4.98 Å². The Kier molecular flexibility index (Phi) is 5.75. The topological polar surface area (TPSA) is 45.2 Å². The van der Waals surface area contributed by atoms with E-state index < -0.39 is 0 Å². The molecule has 0 spiro atoms. The molecule has 0 atom stereocenters. The molecule has 2 aromatic heterocycles. The zero-order chi connectivity index (χ0) is 21.2. The van der Waals surface area contributed by atoms with E-state index in [1.807, 2.05) is 6.20 Å². The fourth-order valence-electron chi connectivity index (χ4n) is 5.21. The van der Waals surface area contributed by atoms with E-state index in [2.05, 4.69) is 59.0 Å². The normalized spacial score (nSPS) is 18.0. The summed E-state index contributed by atoms with van der Waals surface area (Å²) in [5, 5.41) is 1.24. The largest absolute Gasteiger partial charge is 0.367 e. The summed E-state index contributed by atoms with van der Waals surface area (Å²) in [6.45, 7) is 8.18. The van der Waals surface area contributed by atoms with Crippen molar-refractivity contribution in [1.82, 2.24) is 15.0 Å². The van der Waals surface area contributed by atoms with Crippen LogP contribution in [0.1, 0.15) is 49.2 Å². The van der Waals surface area contributed by atoms with E-state index in [0.717, 1.165) is 61.4 Å². The summed E-state index contributed by atoms with van der Waals surface area (Å²) in [7, 11) is 0. The molecule has 0 amide bonds. The van der Waals surface area contributed by atoms with E-state index in [4.69, 9.17) is 9.97 Å². The number of rotatable bonds is 4. The molecule has 0 bridgehead atoms. The monoisotopic (exact) mass is 415 g/mol. The highest BCUT2D eigenvalue weighted by atomic mass is 15.3. The molecule has 1 aromatic carbocycles. The minimum Gasteiger partial charge on any atom is -0.367 e. The van der Waals surface area contributed by atoms with Gasteiger partial charge in [0.1, 0.15) is 11.6 Å². The lowest BCUT2D eigenvalue weighted by atomic mass is 9.87. The molecule has 162 valence electrons. The van der Waals surface area contributed by atoms with Gasteiger partial charge in [0.15, 0.2) is 0 Å². The molecule has 0 radical (unpaired) electrons. The maximum Gasteiger partial charge on any atom is 0.132 e. The molecule has 5 nitrogen and oxygen atoms in total. The average Bonchev–Trinajstić information content (AvgIpc) is 2.79. The van der Waals surface area contributed by atoms with Crippen LogP contribution in [-0.2, 0) is 6.42 Å². The Morgan fingerprint density at radius 3 is 2.45 bits per heavy atom. The molecule has 1 saturated heterocycles. The van der Waals surface area contributed by atoms with Crippen LogP contribution in [0.3, 0.4) is 0 Å². The number of anilines is 2. The summed E-state index contributed by atoms with van der Waals surface area (Å²) in [4.78, 5) is 19.3. The van der Waals surface area contributed by atoms with Gasteiger partial charge in [-0.2, -0.15) is 0 Å². The van der Waals surface area contributed by atoms with Gasteiger partial charge < -0.3 is 9.80 Å². The molecular formula is C26H33N5. The number of hydrogen-bond acceptors (Lipinski definition) is 5. The van der Waals surface area contributed by atoms with Crippen LogP contribution in [0.5, 0.6) is 0 Å². The van der Waals surface area contributed by atoms with Crippen LogP contribution < -0.4 is 9.80 Å². The van der Waals surface area contributed by atoms with Crippen LogP contribution in [0.25, 0.3) is 10.9 Å². The fraction of sp³-hybridized carbons (Fsp3) is 0.500. The lowest BCUT2D eigenvalue weighted by molar-refractivity contribution is 0.351. The first kappa shape index (κ1) is 20.2. The third-order valence-electron chi connectivity index (χ3n) is 6.90. The third kappa shape index (κ3) is 4.51. The Labute approximate surface area is 185 Å². The van der Waals surface area contributed by atoms with E-state index in [1.54, 1.807) is 0 Å². The van der Waals surface area contributed by atoms with Gasteiger partial charge in [-0.25, -0.2) is 9.97 Å². The summed E-state index contributed by atoms with van der Waals surface area (Å²) >= 11 is 0. The average molecular weight is 416 g/mol. The van der Waals surface area contributed by atoms with Crippen molar-refractivity contribution in [3.05, 3.63) is 53.6 Å². The van der Waals surface area contributed by atoms with Gasteiger partial charge >= 0.3 is 0 Å². The number of hydrogen-bond donors (Lipinski definition) is 0. The number of pyridine rings is 1. The SMILES string of the molecule is Cc1ccc2c(N3CCN(c4cc(C)nc(CC5CCCCC5)n4)CC3)ccnc2c1. The molecule has 3 aromatic rings. The molecule has 5 rings (SSSR count). The zero-order valence-electron chi connectivity index (χ0n) is 18.8. The Morgan fingerprint density at radius 2 is 1.65 bits per heavy atom. The Bertz CT molecular complexity index is 1050. The van der Waals surface area contributed by atoms with E-state index in [1.165, 1.54) is 48.7 Å². The summed E-state index contributed by atoms with van der Waals surface area (Å²) in [5.74, 6) is 2.91. The minimum atomic E-state index is 0.767. The van der Waals surface area contributed by atoms with Gasteiger partial charge in [0.25, 0.3) is 0 Å². The Hall–Kier alpha value is -2.69. The summed E-state index contributed by atoms with van der Waals surface area (Å²) in [6, 6.07) is 10.9. The molecular weight excluding hydrogens is 382 g/mol. The third-order valence-corrected chi connectivity index (χ3v) is 6.90. The first-order valence-electron chi connectivity index (χ1n) is 11.9. The van der Waals surface area contributed by atoms with Gasteiger partial charge in [-0.1, -0.05) is 44.2 Å². The summed E-state index contributed by atoms with van der Waals surface area (Å²) < 4.78 is 0. The van der Waals surface area contributed by atoms with Crippen LogP contribution in [0.2, 0.25) is 0 Å². The summed E-state index contributed by atoms with van der Waals surface area (Å²) in [5.41, 5.74) is 4.72. The standard InChI is InChI=1S/C26H33N5/c1-19-8-9-22-23(16-19)27-11-10-24(22)30-12-14-31(15-13-30)26-17-20(2)28-25(29-26)18-21-6-4-3-5-7-21/h8-11,16-17,21H,3-7,12-15,18H2,1-2H3. The van der Waals surface area contributed by atoms with Crippen molar-refractivity contribution in [3.8, 4) is 0 Å². The van der Waals surface area contributed by atoms with Gasteiger partial charge in [0.2, 0.25) is 0 Å². The number of nitrogens with zero attached hydrogens (tertiary/aromatic N) is 5. The second-order valence-electron chi connectivity index (χ2n) is 9.32. The van der Waals surface area contributed by atoms with Crippen molar-refractivity contribution in [3.63, 3.8) is 0 Å². The molecule has 1 saturated carbocycles. The first-order chi connectivity index (χ1) is 15.2. The van der Waals surface area contributed by atoms with Gasteiger partial charge in [-0.15, -0.1) is 0 Å². The lowest BCUT2D eigenvalue weighted by Gasteiger charge is -2.37. The second kappa shape index (κ2) is 8.81. The molecule has 0 unspecified atom stereocenters. The molecule has 1 aliphatic carbocycles. The Morgan fingerprint density at radius 1 is 0.871 bits per heavy atom. The highest BCUT2D eigenvalue weighted by molar-refractivity contribution is 5.92. The predicted molar refractivity (Wildman–Crippen MR) is 128 cm³/mol. The molecule has 5 heteroatoms. The van der Waals surface area contributed by atoms with Gasteiger partial charge in [0.05, 0.1) is 5.52 Å². The van der Waals surface area contributed by atoms with Crippen molar-refractivity contribution in [2.75, 3.05) is 36.0 Å². The van der Waals surface area contributed by atoms with Crippen LogP contribution >= 0.6 is 0 Å². The van der Waals surface area contributed by atoms with E-state index >= 15 is 0 Å². The van der Waals surface area contributed by atoms with Crippen molar-refractivity contribution < 1.29 is 0 Å². The van der Waals surface area contributed by atoms with Gasteiger partial charge in [-0.05, 0) is 37.5 Å². The molecule has 31 heavy (non-hydrogen) atoms. The molecule has 1 aliphatic heterocycles. The lowest BCUT2D eigenvalue weighted by Crippen LogP contribution is -2.47. The number of benzene rings is 1. The second-order valence-corrected chi connectivity index (χ2v) is 9.32. The highest BCUT2D eigenvalue weighted by Gasteiger charge is 2.22. The van der Waals surface area contributed by atoms with Crippen molar-refractivity contribution in [2.45, 2.75) is 52.4 Å². The van der Waals surface area contributed by atoms with Crippen LogP contribution in [0.4, 0.5) is 11.5 Å². The van der Waals surface area contributed by atoms with E-state index in [-0.39, 0.29) is 0 Å². The number of aryl methyl sites for hydroxylation is 2. The van der Waals surface area contributed by atoms with E-state index in [9.17, 15) is 0 Å². The molecule has 2 fully saturated rings. The van der Waals surface area contributed by atoms with Crippen molar-refractivity contribution >= 4 is 22.4 Å². The van der Waals surface area contributed by atoms with Gasteiger partial charge in [0, 0.05) is 61.6 Å². The molecule has 2 aliphatic rings. The number of piperazine rings is 1. The molecule has 3 heterocycles. The minimum absolute atomic E-state index is 0.767. The van der Waals surface area contributed by atoms with Crippen molar-refractivity contribution in [1.29, 1.82) is 0 Å². The molecule has 0 N–H and O–H groups in total. The zero-order valence-corrected chi connectivity index (χ0v) is 18.8. The summed E-state index contributed by atoms with van der Waals surface area (Å²) in [6.07, 6.45) is 9.79. The number of fused-ring (bicyclic) bond motifs is 1. The maximum absolute atomic E-state index is 5.00. The van der Waals surface area contributed by atoms with Crippen molar-refractivity contribution in [2.24, 2.45) is 5.92 Å². The first-order valence-corrected chi connectivity index (χ1v) is 11.9. The fourth-order valence-corrected chi connectivity index (χ4v) is 5.21. The van der Waals surface area contributed by atoms with Crippen LogP contribution in [0, 0.1) is 19.8 Å². The van der Waals surface area contributed by atoms with E-state index in [0.29, 0.717) is 0 Å².